The monoisotopic (exact) mass is 273 g/mol. The number of esters is 1. The van der Waals surface area contributed by atoms with Crippen LogP contribution in [0.2, 0.25) is 0 Å². The van der Waals surface area contributed by atoms with Crippen LogP contribution in [0.5, 0.6) is 0 Å². The van der Waals surface area contributed by atoms with Crippen LogP contribution in [0.15, 0.2) is 18.2 Å². The molecule has 0 bridgehead atoms. The van der Waals surface area contributed by atoms with Crippen LogP contribution in [0.3, 0.4) is 0 Å². The second-order valence-electron chi connectivity index (χ2n) is 4.55. The van der Waals surface area contributed by atoms with Crippen molar-refractivity contribution in [1.29, 1.82) is 0 Å². The summed E-state index contributed by atoms with van der Waals surface area (Å²) in [7, 11) is 1.63. The second kappa shape index (κ2) is 4.75. The number of alkyl halides is 3. The number of ether oxygens (including phenoxy) is 1. The minimum atomic E-state index is -4.37. The van der Waals surface area contributed by atoms with Crippen LogP contribution in [-0.4, -0.2) is 19.2 Å². The number of halogens is 3. The third-order valence-corrected chi connectivity index (χ3v) is 3.19. The summed E-state index contributed by atoms with van der Waals surface area (Å²) in [5.41, 5.74) is 0.604. The molecule has 0 saturated heterocycles. The summed E-state index contributed by atoms with van der Waals surface area (Å²) in [4.78, 5) is 12.5. The Morgan fingerprint density at radius 3 is 2.68 bits per heavy atom. The van der Waals surface area contributed by atoms with Crippen molar-refractivity contribution in [2.24, 2.45) is 0 Å². The molecular formula is C13H14F3NO2. The lowest BCUT2D eigenvalue weighted by molar-refractivity contribution is -0.146. The Hall–Kier alpha value is -1.72. The molecule has 0 aliphatic carbocycles. The number of nitrogens with zero attached hydrogens (tertiary/aromatic N) is 1. The number of rotatable bonds is 1. The Bertz CT molecular complexity index is 499. The number of benzene rings is 1. The van der Waals surface area contributed by atoms with Crippen molar-refractivity contribution in [3.05, 3.63) is 29.3 Å². The van der Waals surface area contributed by atoms with Crippen molar-refractivity contribution >= 4 is 11.7 Å². The molecule has 0 aromatic heterocycles. The summed E-state index contributed by atoms with van der Waals surface area (Å²) in [5, 5.41) is 0. The van der Waals surface area contributed by atoms with Gasteiger partial charge in [0, 0.05) is 26.1 Å². The number of hydrogen-bond acceptors (Lipinski definition) is 3. The maximum atomic E-state index is 12.7. The summed E-state index contributed by atoms with van der Waals surface area (Å²) in [6.45, 7) is 1.29. The van der Waals surface area contributed by atoms with Crippen molar-refractivity contribution in [2.45, 2.75) is 32.2 Å². The molecule has 0 amide bonds. The molecule has 1 aliphatic heterocycles. The topological polar surface area (TPSA) is 29.5 Å². The maximum Gasteiger partial charge on any atom is 0.416 e. The molecule has 104 valence electrons. The number of aryl methyl sites for hydroxylation is 1. The number of anilines is 1. The Labute approximate surface area is 109 Å². The molecule has 1 aromatic rings. The highest BCUT2D eigenvalue weighted by Gasteiger charge is 2.33. The molecule has 0 spiro atoms. The number of fused-ring (bicyclic) bond motifs is 1. The molecule has 1 aromatic carbocycles. The largest absolute Gasteiger partial charge is 0.442 e. The first kappa shape index (κ1) is 13.7. The fourth-order valence-corrected chi connectivity index (χ4v) is 2.24. The van der Waals surface area contributed by atoms with Gasteiger partial charge in [-0.05, 0) is 24.1 Å². The average Bonchev–Trinajstić information content (AvgIpc) is 2.31. The molecule has 0 saturated carbocycles. The van der Waals surface area contributed by atoms with Crippen LogP contribution in [-0.2, 0) is 22.1 Å². The van der Waals surface area contributed by atoms with E-state index in [9.17, 15) is 18.0 Å². The van der Waals surface area contributed by atoms with E-state index in [0.29, 0.717) is 18.5 Å². The molecule has 19 heavy (non-hydrogen) atoms. The van der Waals surface area contributed by atoms with E-state index >= 15 is 0 Å². The summed E-state index contributed by atoms with van der Waals surface area (Å²) in [6.07, 6.45) is -3.71. The number of carbonyl (C=O) groups is 1. The zero-order chi connectivity index (χ0) is 14.2. The highest BCUT2D eigenvalue weighted by Crippen LogP contribution is 2.36. The lowest BCUT2D eigenvalue weighted by Crippen LogP contribution is -2.39. The van der Waals surface area contributed by atoms with E-state index in [2.05, 4.69) is 0 Å². The molecule has 1 atom stereocenters. The van der Waals surface area contributed by atoms with Gasteiger partial charge in [0.1, 0.15) is 0 Å². The standard InChI is InChI=1S/C13H14F3NO2/c1-8(18)19-12-6-4-9-3-5-10(13(14,15)16)7-11(9)17(12)2/h3,5,7,12H,4,6H2,1-2H3. The van der Waals surface area contributed by atoms with E-state index in [1.54, 1.807) is 11.9 Å². The van der Waals surface area contributed by atoms with Crippen molar-refractivity contribution in [3.63, 3.8) is 0 Å². The second-order valence-corrected chi connectivity index (χ2v) is 4.55. The van der Waals surface area contributed by atoms with Crippen LogP contribution in [0, 0.1) is 0 Å². The third kappa shape index (κ3) is 2.83. The zero-order valence-corrected chi connectivity index (χ0v) is 10.6. The van der Waals surface area contributed by atoms with Crippen molar-refractivity contribution in [1.82, 2.24) is 0 Å². The van der Waals surface area contributed by atoms with Gasteiger partial charge in [-0.25, -0.2) is 0 Å². The highest BCUT2D eigenvalue weighted by molar-refractivity contribution is 5.67. The van der Waals surface area contributed by atoms with E-state index in [-0.39, 0.29) is 0 Å². The molecule has 3 nitrogen and oxygen atoms in total. The molecule has 1 heterocycles. The third-order valence-electron chi connectivity index (χ3n) is 3.19. The van der Waals surface area contributed by atoms with E-state index < -0.39 is 23.9 Å². The van der Waals surface area contributed by atoms with Gasteiger partial charge < -0.3 is 9.64 Å². The van der Waals surface area contributed by atoms with Gasteiger partial charge in [0.25, 0.3) is 0 Å². The van der Waals surface area contributed by atoms with Crippen LogP contribution >= 0.6 is 0 Å². The molecular weight excluding hydrogens is 259 g/mol. The Morgan fingerprint density at radius 2 is 2.11 bits per heavy atom. The van der Waals surface area contributed by atoms with Gasteiger partial charge in [-0.1, -0.05) is 6.07 Å². The minimum Gasteiger partial charge on any atom is -0.442 e. The number of carbonyl (C=O) groups excluding carboxylic acids is 1. The molecule has 6 heteroatoms. The Balaban J connectivity index is 2.33. The quantitative estimate of drug-likeness (QED) is 0.737. The van der Waals surface area contributed by atoms with Crippen molar-refractivity contribution < 1.29 is 22.7 Å². The summed E-state index contributed by atoms with van der Waals surface area (Å²) in [5.74, 6) is -0.438. The first-order chi connectivity index (χ1) is 8.79. The summed E-state index contributed by atoms with van der Waals surface area (Å²) < 4.78 is 43.2. The van der Waals surface area contributed by atoms with Crippen molar-refractivity contribution in [2.75, 3.05) is 11.9 Å². The zero-order valence-electron chi connectivity index (χ0n) is 10.6. The van der Waals surface area contributed by atoms with E-state index in [1.165, 1.54) is 13.0 Å². The lowest BCUT2D eigenvalue weighted by Gasteiger charge is -2.35. The van der Waals surface area contributed by atoms with Crippen molar-refractivity contribution in [3.8, 4) is 0 Å². The average molecular weight is 273 g/mol. The van der Waals surface area contributed by atoms with Gasteiger partial charge in [0.2, 0.25) is 0 Å². The minimum absolute atomic E-state index is 0.438. The van der Waals surface area contributed by atoms with Crippen LogP contribution in [0.25, 0.3) is 0 Å². The summed E-state index contributed by atoms with van der Waals surface area (Å²) >= 11 is 0. The van der Waals surface area contributed by atoms with Gasteiger partial charge >= 0.3 is 12.1 Å². The Kier molecular flexibility index (Phi) is 3.43. The van der Waals surface area contributed by atoms with E-state index in [0.717, 1.165) is 17.7 Å². The maximum absolute atomic E-state index is 12.7. The lowest BCUT2D eigenvalue weighted by atomic mass is 9.99. The normalized spacial score (nSPS) is 19.0. The fraction of sp³-hybridized carbons (Fsp3) is 0.462. The molecule has 1 unspecified atom stereocenters. The van der Waals surface area contributed by atoms with E-state index in [4.69, 9.17) is 4.74 Å². The van der Waals surface area contributed by atoms with Gasteiger partial charge in [0.15, 0.2) is 6.23 Å². The predicted molar refractivity (Wildman–Crippen MR) is 63.7 cm³/mol. The van der Waals surface area contributed by atoms with Gasteiger partial charge in [-0.2, -0.15) is 13.2 Å². The molecule has 0 fully saturated rings. The molecule has 0 N–H and O–H groups in total. The number of hydrogen-bond donors (Lipinski definition) is 0. The van der Waals surface area contributed by atoms with E-state index in [1.807, 2.05) is 0 Å². The van der Waals surface area contributed by atoms with Crippen LogP contribution in [0.4, 0.5) is 18.9 Å². The molecule has 1 aliphatic rings. The molecule has 0 radical (unpaired) electrons. The highest BCUT2D eigenvalue weighted by atomic mass is 19.4. The predicted octanol–water partition coefficient (Wildman–Crippen LogP) is 2.98. The first-order valence-corrected chi connectivity index (χ1v) is 5.89. The smallest absolute Gasteiger partial charge is 0.416 e. The molecule has 2 rings (SSSR count). The van der Waals surface area contributed by atoms with Crippen LogP contribution in [0.1, 0.15) is 24.5 Å². The first-order valence-electron chi connectivity index (χ1n) is 5.89. The van der Waals surface area contributed by atoms with Crippen LogP contribution < -0.4 is 4.90 Å². The van der Waals surface area contributed by atoms with Gasteiger partial charge in [0.05, 0.1) is 5.56 Å². The summed E-state index contributed by atoms with van der Waals surface area (Å²) in [6, 6.07) is 3.67. The Morgan fingerprint density at radius 1 is 1.42 bits per heavy atom. The van der Waals surface area contributed by atoms with Gasteiger partial charge in [-0.3, -0.25) is 4.79 Å². The fourth-order valence-electron chi connectivity index (χ4n) is 2.24. The SMILES string of the molecule is CC(=O)OC1CCc2ccc(C(F)(F)F)cc2N1C. The van der Waals surface area contributed by atoms with Gasteiger partial charge in [-0.15, -0.1) is 0 Å².